The maximum atomic E-state index is 12.0. The monoisotopic (exact) mass is 646 g/mol. The minimum Gasteiger partial charge on any atom is -0.391 e. The summed E-state index contributed by atoms with van der Waals surface area (Å²) in [6, 6.07) is 0. The summed E-state index contributed by atoms with van der Waals surface area (Å²) < 4.78 is 66.8. The molecule has 15 heteroatoms. The molecule has 1 aromatic heterocycles. The molecular weight excluding hydrogens is 596 g/mol. The van der Waals surface area contributed by atoms with Gasteiger partial charge in [0, 0.05) is 0 Å². The normalized spacial score (nSPS) is 13.8. The number of hydrogen-bond acceptors (Lipinski definition) is 13. The molecule has 0 aliphatic carbocycles. The number of aliphatic hydroxyl groups excluding tert-OH is 2. The van der Waals surface area contributed by atoms with E-state index in [1.807, 2.05) is 0 Å². The highest BCUT2D eigenvalue weighted by Gasteiger charge is 2.23. The Kier molecular flexibility index (Phi) is 20.8. The first-order valence-electron chi connectivity index (χ1n) is 14.9. The fraction of sp³-hybridized carbons (Fsp3) is 0.923. The summed E-state index contributed by atoms with van der Waals surface area (Å²) >= 11 is 0.398. The van der Waals surface area contributed by atoms with Crippen molar-refractivity contribution in [3.63, 3.8) is 0 Å². The van der Waals surface area contributed by atoms with E-state index < -0.39 is 56.6 Å². The number of nitrogens with zero attached hydrogens (tertiary/aromatic N) is 2. The first-order valence-corrected chi connectivity index (χ1v) is 18.4. The minimum absolute atomic E-state index is 0.396. The smallest absolute Gasteiger partial charge is 0.391 e. The van der Waals surface area contributed by atoms with Gasteiger partial charge in [-0.25, -0.2) is 8.37 Å². The van der Waals surface area contributed by atoms with Crippen LogP contribution in [-0.2, 0) is 29.2 Å². The molecule has 2 N–H and O–H groups in total. The van der Waals surface area contributed by atoms with Crippen LogP contribution in [-0.4, -0.2) is 62.7 Å². The van der Waals surface area contributed by atoms with Gasteiger partial charge in [0.1, 0.15) is 0 Å². The van der Waals surface area contributed by atoms with Crippen molar-refractivity contribution >= 4 is 32.1 Å². The molecule has 1 aromatic rings. The Bertz CT molecular complexity index is 913. The highest BCUT2D eigenvalue weighted by atomic mass is 32.3. The van der Waals surface area contributed by atoms with Gasteiger partial charge < -0.3 is 18.6 Å². The highest BCUT2D eigenvalue weighted by Crippen LogP contribution is 2.27. The van der Waals surface area contributed by atoms with Gasteiger partial charge in [0.05, 0.1) is 25.4 Å². The van der Waals surface area contributed by atoms with E-state index in [4.69, 9.17) is 0 Å². The van der Waals surface area contributed by atoms with E-state index in [1.54, 1.807) is 0 Å². The average molecular weight is 647 g/mol. The lowest BCUT2D eigenvalue weighted by atomic mass is 10.1. The van der Waals surface area contributed by atoms with Crippen molar-refractivity contribution in [2.45, 2.75) is 142 Å². The molecule has 2 unspecified atom stereocenters. The molecule has 0 fully saturated rings. The zero-order valence-electron chi connectivity index (χ0n) is 24.6. The van der Waals surface area contributed by atoms with Crippen LogP contribution in [0.3, 0.4) is 0 Å². The molecule has 0 aliphatic heterocycles. The van der Waals surface area contributed by atoms with E-state index >= 15 is 0 Å². The number of unbranched alkanes of at least 4 members (excludes halogenated alkanes) is 14. The van der Waals surface area contributed by atoms with Crippen molar-refractivity contribution in [2.24, 2.45) is 0 Å². The number of aromatic nitrogens is 2. The van der Waals surface area contributed by atoms with E-state index in [1.165, 1.54) is 51.4 Å². The lowest BCUT2D eigenvalue weighted by Gasteiger charge is -2.10. The van der Waals surface area contributed by atoms with Gasteiger partial charge in [-0.2, -0.15) is 16.8 Å². The van der Waals surface area contributed by atoms with Crippen LogP contribution >= 0.6 is 11.3 Å². The van der Waals surface area contributed by atoms with Crippen molar-refractivity contribution in [1.29, 1.82) is 0 Å². The molecular formula is C26H50N2O10S3. The standard InChI is InChI=1S/C26H50N2O10S3/c1-3-5-7-9-11-13-15-17-19-23(29)21-35-40(31,32)37-25-27-28-26(39-25)38-41(33,34)36-22-24(30)20-18-16-14-12-10-8-6-4-2/h23-24,29-30H,3-22H2,1-2H3. The second kappa shape index (κ2) is 22.4. The summed E-state index contributed by atoms with van der Waals surface area (Å²) in [5, 5.41) is 25.7. The lowest BCUT2D eigenvalue weighted by Crippen LogP contribution is -2.21. The third-order valence-corrected chi connectivity index (χ3v) is 8.79. The Balaban J connectivity index is 2.26. The van der Waals surface area contributed by atoms with Crippen LogP contribution in [0.4, 0.5) is 0 Å². The van der Waals surface area contributed by atoms with Crippen molar-refractivity contribution in [1.82, 2.24) is 10.2 Å². The summed E-state index contributed by atoms with van der Waals surface area (Å²) in [5.74, 6) is 0. The van der Waals surface area contributed by atoms with E-state index in [0.29, 0.717) is 24.2 Å². The van der Waals surface area contributed by atoms with Crippen LogP contribution in [0.2, 0.25) is 0 Å². The molecule has 1 heterocycles. The summed E-state index contributed by atoms with van der Waals surface area (Å²) in [6.45, 7) is 3.38. The van der Waals surface area contributed by atoms with Crippen molar-refractivity contribution < 1.29 is 43.8 Å². The molecule has 0 aliphatic rings. The predicted octanol–water partition coefficient (Wildman–Crippen LogP) is 5.60. The zero-order chi connectivity index (χ0) is 30.4. The van der Waals surface area contributed by atoms with E-state index in [0.717, 1.165) is 51.4 Å². The first kappa shape index (κ1) is 37.9. The Hall–Kier alpha value is -1.10. The molecule has 0 bridgehead atoms. The minimum atomic E-state index is -4.57. The van der Waals surface area contributed by atoms with Gasteiger partial charge in [-0.15, -0.1) is 0 Å². The summed E-state index contributed by atoms with van der Waals surface area (Å²) in [7, 11) is -9.14. The predicted molar refractivity (Wildman–Crippen MR) is 157 cm³/mol. The van der Waals surface area contributed by atoms with E-state index in [-0.39, 0.29) is 0 Å². The highest BCUT2D eigenvalue weighted by molar-refractivity contribution is 7.82. The quantitative estimate of drug-likeness (QED) is 0.108. The lowest BCUT2D eigenvalue weighted by molar-refractivity contribution is 0.0943. The molecule has 12 nitrogen and oxygen atoms in total. The molecule has 0 aromatic carbocycles. The van der Waals surface area contributed by atoms with Gasteiger partial charge in [-0.3, -0.25) is 0 Å². The molecule has 0 saturated heterocycles. The Morgan fingerprint density at radius 1 is 0.585 bits per heavy atom. The number of aliphatic hydroxyl groups is 2. The Morgan fingerprint density at radius 2 is 0.902 bits per heavy atom. The van der Waals surface area contributed by atoms with Crippen LogP contribution in [0, 0.1) is 0 Å². The molecule has 242 valence electrons. The van der Waals surface area contributed by atoms with Gasteiger partial charge in [0.25, 0.3) is 0 Å². The zero-order valence-corrected chi connectivity index (χ0v) is 27.0. The SMILES string of the molecule is CCCCCCCCCCC(O)COS(=O)(=O)Oc1nnc(OS(=O)(=O)OCC(O)CCCCCCCCCC)s1. The van der Waals surface area contributed by atoms with Crippen LogP contribution in [0.25, 0.3) is 0 Å². The van der Waals surface area contributed by atoms with Crippen molar-refractivity contribution in [3.05, 3.63) is 0 Å². The Morgan fingerprint density at radius 3 is 1.24 bits per heavy atom. The second-order valence-electron chi connectivity index (χ2n) is 10.2. The van der Waals surface area contributed by atoms with Crippen molar-refractivity contribution in [2.75, 3.05) is 13.2 Å². The van der Waals surface area contributed by atoms with Crippen LogP contribution < -0.4 is 8.37 Å². The van der Waals surface area contributed by atoms with Gasteiger partial charge in [-0.1, -0.05) is 127 Å². The molecule has 0 amide bonds. The van der Waals surface area contributed by atoms with E-state index in [2.05, 4.69) is 40.8 Å². The molecule has 0 saturated carbocycles. The first-order chi connectivity index (χ1) is 19.6. The van der Waals surface area contributed by atoms with Crippen molar-refractivity contribution in [3.8, 4) is 10.4 Å². The maximum absolute atomic E-state index is 12.0. The van der Waals surface area contributed by atoms with Gasteiger partial charge in [0.15, 0.2) is 0 Å². The Labute approximate surface area is 250 Å². The summed E-state index contributed by atoms with van der Waals surface area (Å²) in [4.78, 5) is 0. The number of rotatable bonds is 28. The van der Waals surface area contributed by atoms with Gasteiger partial charge >= 0.3 is 31.2 Å². The van der Waals surface area contributed by atoms with E-state index in [9.17, 15) is 27.0 Å². The number of hydrogen-bond donors (Lipinski definition) is 2. The fourth-order valence-electron chi connectivity index (χ4n) is 4.01. The average Bonchev–Trinajstić information content (AvgIpc) is 3.34. The topological polar surface area (TPSA) is 171 Å². The molecule has 0 spiro atoms. The maximum Gasteiger partial charge on any atom is 0.451 e. The van der Waals surface area contributed by atoms with Gasteiger partial charge in [0.2, 0.25) is 0 Å². The second-order valence-corrected chi connectivity index (χ2v) is 13.6. The summed E-state index contributed by atoms with van der Waals surface area (Å²) in [5.41, 5.74) is 0. The third kappa shape index (κ3) is 21.3. The molecule has 2 atom stereocenters. The van der Waals surface area contributed by atoms with Crippen LogP contribution in [0.1, 0.15) is 129 Å². The summed E-state index contributed by atoms with van der Waals surface area (Å²) in [6.07, 6.45) is 16.5. The third-order valence-electron chi connectivity index (χ3n) is 6.33. The molecule has 41 heavy (non-hydrogen) atoms. The van der Waals surface area contributed by atoms with Crippen LogP contribution in [0.5, 0.6) is 10.4 Å². The van der Waals surface area contributed by atoms with Gasteiger partial charge in [-0.05, 0) is 24.2 Å². The van der Waals surface area contributed by atoms with Crippen LogP contribution in [0.15, 0.2) is 0 Å². The molecule has 0 radical (unpaired) electrons. The largest absolute Gasteiger partial charge is 0.451 e. The molecule has 1 rings (SSSR count). The fourth-order valence-corrected chi connectivity index (χ4v) is 6.25.